The molecule has 0 spiro atoms. The third-order valence-electron chi connectivity index (χ3n) is 4.90. The van der Waals surface area contributed by atoms with Gasteiger partial charge in [0, 0.05) is 31.0 Å². The van der Waals surface area contributed by atoms with Gasteiger partial charge in [0.1, 0.15) is 0 Å². The summed E-state index contributed by atoms with van der Waals surface area (Å²) in [7, 11) is 0. The van der Waals surface area contributed by atoms with Gasteiger partial charge in [-0.2, -0.15) is 0 Å². The Hall–Kier alpha value is -0.860. The normalized spacial score (nSPS) is 21.8. The lowest BCUT2D eigenvalue weighted by atomic mass is 9.89. The first-order chi connectivity index (χ1) is 12.2. The Morgan fingerprint density at radius 1 is 1.35 bits per heavy atom. The Balaban J connectivity index is 0.00000243. The molecule has 6 heteroatoms. The number of ether oxygens (including phenoxy) is 2. The van der Waals surface area contributed by atoms with Gasteiger partial charge in [-0.1, -0.05) is 37.3 Å². The zero-order valence-electron chi connectivity index (χ0n) is 15.9. The predicted octanol–water partition coefficient (Wildman–Crippen LogP) is 3.15. The van der Waals surface area contributed by atoms with Crippen LogP contribution in [0.3, 0.4) is 0 Å². The summed E-state index contributed by atoms with van der Waals surface area (Å²) >= 11 is 0. The quantitative estimate of drug-likeness (QED) is 0.376. The molecule has 1 aromatic carbocycles. The molecule has 0 saturated carbocycles. The van der Waals surface area contributed by atoms with Crippen molar-refractivity contribution in [3.8, 4) is 0 Å². The van der Waals surface area contributed by atoms with Gasteiger partial charge in [-0.3, -0.25) is 4.99 Å². The fourth-order valence-corrected chi connectivity index (χ4v) is 3.31. The van der Waals surface area contributed by atoms with Crippen molar-refractivity contribution in [3.63, 3.8) is 0 Å². The first-order valence-corrected chi connectivity index (χ1v) is 9.41. The second-order valence-corrected chi connectivity index (χ2v) is 7.58. The Labute approximate surface area is 174 Å². The predicted molar refractivity (Wildman–Crippen MR) is 116 cm³/mol. The largest absolute Gasteiger partial charge is 0.380 e. The Morgan fingerprint density at radius 2 is 2.12 bits per heavy atom. The standard InChI is InChI=1S/C20H31N3O2.HI/c1-3-21-19(22-14-20(2)15-25-16-20)23-10-9-18(11-23)13-24-12-17-7-5-4-6-8-17;/h4-8,18H,3,9-16H2,1-2H3,(H,21,22);1H. The van der Waals surface area contributed by atoms with Crippen LogP contribution in [-0.2, 0) is 16.1 Å². The maximum atomic E-state index is 5.93. The smallest absolute Gasteiger partial charge is 0.193 e. The molecule has 2 aliphatic rings. The number of rotatable bonds is 7. The van der Waals surface area contributed by atoms with Gasteiger partial charge in [-0.15, -0.1) is 24.0 Å². The van der Waals surface area contributed by atoms with Gasteiger partial charge in [0.05, 0.1) is 33.0 Å². The van der Waals surface area contributed by atoms with E-state index in [0.29, 0.717) is 12.5 Å². The molecule has 0 amide bonds. The molecule has 5 nitrogen and oxygen atoms in total. The second-order valence-electron chi connectivity index (χ2n) is 7.58. The molecule has 1 N–H and O–H groups in total. The summed E-state index contributed by atoms with van der Waals surface area (Å²) in [5.41, 5.74) is 1.46. The molecular weight excluding hydrogens is 441 g/mol. The van der Waals surface area contributed by atoms with E-state index in [4.69, 9.17) is 14.5 Å². The lowest BCUT2D eigenvalue weighted by Crippen LogP contribution is -2.45. The van der Waals surface area contributed by atoms with Crippen LogP contribution in [0.15, 0.2) is 35.3 Å². The Kier molecular flexibility index (Phi) is 8.63. The minimum absolute atomic E-state index is 0. The number of nitrogens with zero attached hydrogens (tertiary/aromatic N) is 2. The van der Waals surface area contributed by atoms with E-state index < -0.39 is 0 Å². The van der Waals surface area contributed by atoms with Gasteiger partial charge in [0.25, 0.3) is 0 Å². The van der Waals surface area contributed by atoms with Crippen LogP contribution in [0.25, 0.3) is 0 Å². The van der Waals surface area contributed by atoms with E-state index in [0.717, 1.165) is 52.0 Å². The topological polar surface area (TPSA) is 46.1 Å². The highest BCUT2D eigenvalue weighted by Gasteiger charge is 2.33. The third kappa shape index (κ3) is 6.09. The number of likely N-dealkylation sites (tertiary alicyclic amines) is 1. The first kappa shape index (κ1) is 21.4. The van der Waals surface area contributed by atoms with Crippen LogP contribution < -0.4 is 5.32 Å². The van der Waals surface area contributed by atoms with Crippen molar-refractivity contribution in [2.24, 2.45) is 16.3 Å². The molecule has 0 bridgehead atoms. The van der Waals surface area contributed by atoms with E-state index in [1.165, 1.54) is 12.0 Å². The summed E-state index contributed by atoms with van der Waals surface area (Å²) in [5.74, 6) is 1.62. The van der Waals surface area contributed by atoms with Gasteiger partial charge in [0.2, 0.25) is 0 Å². The van der Waals surface area contributed by atoms with Gasteiger partial charge in [0.15, 0.2) is 5.96 Å². The number of benzene rings is 1. The molecule has 146 valence electrons. The molecule has 2 saturated heterocycles. The van der Waals surface area contributed by atoms with Crippen LogP contribution in [0, 0.1) is 11.3 Å². The number of halogens is 1. The molecule has 1 unspecified atom stereocenters. The molecule has 2 aliphatic heterocycles. The van der Waals surface area contributed by atoms with E-state index in [1.807, 2.05) is 6.07 Å². The fraction of sp³-hybridized carbons (Fsp3) is 0.650. The van der Waals surface area contributed by atoms with Crippen molar-refractivity contribution in [1.82, 2.24) is 10.2 Å². The molecule has 3 rings (SSSR count). The highest BCUT2D eigenvalue weighted by molar-refractivity contribution is 14.0. The third-order valence-corrected chi connectivity index (χ3v) is 4.90. The van der Waals surface area contributed by atoms with Gasteiger partial charge >= 0.3 is 0 Å². The van der Waals surface area contributed by atoms with E-state index in [1.54, 1.807) is 0 Å². The van der Waals surface area contributed by atoms with Gasteiger partial charge in [-0.25, -0.2) is 0 Å². The van der Waals surface area contributed by atoms with E-state index in [-0.39, 0.29) is 29.4 Å². The maximum absolute atomic E-state index is 5.93. The van der Waals surface area contributed by atoms with E-state index in [2.05, 4.69) is 48.3 Å². The molecular formula is C20H32IN3O2. The van der Waals surface area contributed by atoms with Crippen LogP contribution in [0.5, 0.6) is 0 Å². The fourth-order valence-electron chi connectivity index (χ4n) is 3.31. The molecule has 0 aromatic heterocycles. The Morgan fingerprint density at radius 3 is 2.77 bits per heavy atom. The average molecular weight is 473 g/mol. The van der Waals surface area contributed by atoms with Gasteiger partial charge < -0.3 is 19.7 Å². The monoisotopic (exact) mass is 473 g/mol. The van der Waals surface area contributed by atoms with Crippen LogP contribution in [0.1, 0.15) is 25.8 Å². The summed E-state index contributed by atoms with van der Waals surface area (Å²) in [6, 6.07) is 10.4. The van der Waals surface area contributed by atoms with Crippen LogP contribution >= 0.6 is 24.0 Å². The minimum atomic E-state index is 0. The summed E-state index contributed by atoms with van der Waals surface area (Å²) < 4.78 is 11.3. The number of aliphatic imine (C=N–C) groups is 1. The molecule has 1 aromatic rings. The molecule has 0 aliphatic carbocycles. The van der Waals surface area contributed by atoms with E-state index in [9.17, 15) is 0 Å². The molecule has 1 atom stereocenters. The number of hydrogen-bond donors (Lipinski definition) is 1. The van der Waals surface area contributed by atoms with Gasteiger partial charge in [-0.05, 0) is 18.9 Å². The highest BCUT2D eigenvalue weighted by atomic mass is 127. The van der Waals surface area contributed by atoms with Crippen molar-refractivity contribution in [2.45, 2.75) is 26.9 Å². The zero-order valence-corrected chi connectivity index (χ0v) is 18.3. The first-order valence-electron chi connectivity index (χ1n) is 9.41. The minimum Gasteiger partial charge on any atom is -0.380 e. The van der Waals surface area contributed by atoms with Crippen LogP contribution in [0.4, 0.5) is 0 Å². The lowest BCUT2D eigenvalue weighted by Gasteiger charge is -2.37. The van der Waals surface area contributed by atoms with E-state index >= 15 is 0 Å². The molecule has 2 fully saturated rings. The maximum Gasteiger partial charge on any atom is 0.193 e. The van der Waals surface area contributed by atoms with Crippen LogP contribution in [0.2, 0.25) is 0 Å². The summed E-state index contributed by atoms with van der Waals surface area (Å²) in [6.45, 7) is 11.3. The lowest BCUT2D eigenvalue weighted by molar-refractivity contribution is -0.0945. The van der Waals surface area contributed by atoms with Crippen molar-refractivity contribution in [2.75, 3.05) is 46.0 Å². The molecule has 26 heavy (non-hydrogen) atoms. The SMILES string of the molecule is CCNC(=NCC1(C)COC1)N1CCC(COCc2ccccc2)C1.I. The van der Waals surface area contributed by atoms with Crippen molar-refractivity contribution < 1.29 is 9.47 Å². The van der Waals surface area contributed by atoms with Crippen molar-refractivity contribution in [3.05, 3.63) is 35.9 Å². The zero-order chi connectivity index (χ0) is 17.5. The number of hydrogen-bond acceptors (Lipinski definition) is 3. The average Bonchev–Trinajstić information content (AvgIpc) is 3.06. The number of nitrogens with one attached hydrogen (secondary N) is 1. The summed E-state index contributed by atoms with van der Waals surface area (Å²) in [5, 5.41) is 3.44. The summed E-state index contributed by atoms with van der Waals surface area (Å²) in [6.07, 6.45) is 1.17. The molecule has 0 radical (unpaired) electrons. The Bertz CT molecular complexity index is 563. The van der Waals surface area contributed by atoms with Crippen molar-refractivity contribution >= 4 is 29.9 Å². The highest BCUT2D eigenvalue weighted by Crippen LogP contribution is 2.27. The number of guanidine groups is 1. The van der Waals surface area contributed by atoms with Crippen molar-refractivity contribution in [1.29, 1.82) is 0 Å². The van der Waals surface area contributed by atoms with Crippen LogP contribution in [-0.4, -0.2) is 56.9 Å². The second kappa shape index (κ2) is 10.5. The molecule has 2 heterocycles. The summed E-state index contributed by atoms with van der Waals surface area (Å²) in [4.78, 5) is 7.24.